The maximum Gasteiger partial charge on any atom is 0.219 e. The second-order valence-corrected chi connectivity index (χ2v) is 6.11. The molecular weight excluding hydrogens is 349 g/mol. The zero-order valence-electron chi connectivity index (χ0n) is 12.2. The molecular formula is C14H18Cl3N3O2. The summed E-state index contributed by atoms with van der Waals surface area (Å²) in [5, 5.41) is 15.3. The zero-order chi connectivity index (χ0) is 15.5. The predicted molar refractivity (Wildman–Crippen MR) is 88.9 cm³/mol. The van der Waals surface area contributed by atoms with Gasteiger partial charge in [0.05, 0.1) is 0 Å². The molecule has 0 saturated carbocycles. The molecule has 0 radical (unpaired) electrons. The van der Waals surface area contributed by atoms with Crippen LogP contribution in [0, 0.1) is 5.41 Å². The molecule has 5 nitrogen and oxygen atoms in total. The number of aliphatic hydroxyl groups is 1. The molecule has 0 bridgehead atoms. The van der Waals surface area contributed by atoms with Gasteiger partial charge in [-0.2, -0.15) is 5.10 Å². The lowest BCUT2D eigenvalue weighted by Gasteiger charge is -2.34. The number of halogens is 3. The van der Waals surface area contributed by atoms with Crippen LogP contribution in [0.3, 0.4) is 0 Å². The van der Waals surface area contributed by atoms with E-state index in [1.807, 2.05) is 13.8 Å². The van der Waals surface area contributed by atoms with Gasteiger partial charge in [-0.25, -0.2) is 9.67 Å². The summed E-state index contributed by atoms with van der Waals surface area (Å²) in [5.41, 5.74) is -0.551. The third-order valence-electron chi connectivity index (χ3n) is 3.18. The highest BCUT2D eigenvalue weighted by Gasteiger charge is 2.36. The van der Waals surface area contributed by atoms with Gasteiger partial charge in [-0.1, -0.05) is 25.4 Å². The first kappa shape index (κ1) is 19.0. The summed E-state index contributed by atoms with van der Waals surface area (Å²) in [6, 6.07) is 6.89. The molecule has 2 unspecified atom stereocenters. The van der Waals surface area contributed by atoms with Crippen LogP contribution < -0.4 is 4.74 Å². The molecule has 0 saturated heterocycles. The van der Waals surface area contributed by atoms with Crippen molar-refractivity contribution in [1.29, 1.82) is 0 Å². The summed E-state index contributed by atoms with van der Waals surface area (Å²) in [7, 11) is 0. The van der Waals surface area contributed by atoms with Gasteiger partial charge in [0.1, 0.15) is 24.5 Å². The Kier molecular flexibility index (Phi) is 6.94. The second kappa shape index (κ2) is 8.02. The molecule has 0 aliphatic rings. The van der Waals surface area contributed by atoms with E-state index in [0.717, 1.165) is 0 Å². The summed E-state index contributed by atoms with van der Waals surface area (Å²) in [6.45, 7) is 3.72. The number of aromatic nitrogens is 3. The lowest BCUT2D eigenvalue weighted by molar-refractivity contribution is -0.0718. The van der Waals surface area contributed by atoms with Crippen LogP contribution in [-0.2, 0) is 0 Å². The molecule has 0 amide bonds. The highest BCUT2D eigenvalue weighted by molar-refractivity contribution is 6.30. The van der Waals surface area contributed by atoms with Gasteiger partial charge >= 0.3 is 0 Å². The van der Waals surface area contributed by atoms with Gasteiger partial charge in [0, 0.05) is 16.3 Å². The number of hydrogen-bond acceptors (Lipinski definition) is 4. The van der Waals surface area contributed by atoms with E-state index in [1.165, 1.54) is 17.3 Å². The fourth-order valence-corrected chi connectivity index (χ4v) is 2.01. The molecule has 0 aliphatic carbocycles. The monoisotopic (exact) mass is 365 g/mol. The number of aliphatic hydroxyl groups excluding tert-OH is 1. The topological polar surface area (TPSA) is 60.2 Å². The fourth-order valence-electron chi connectivity index (χ4n) is 1.73. The molecule has 1 aromatic carbocycles. The molecule has 2 rings (SSSR count). The number of alkyl halides is 1. The first-order valence-corrected chi connectivity index (χ1v) is 7.35. The van der Waals surface area contributed by atoms with Crippen molar-refractivity contribution in [2.24, 2.45) is 5.41 Å². The van der Waals surface area contributed by atoms with E-state index >= 15 is 0 Å². The Morgan fingerprint density at radius 1 is 1.32 bits per heavy atom. The first-order valence-electron chi connectivity index (χ1n) is 6.44. The summed E-state index contributed by atoms with van der Waals surface area (Å²) in [6.07, 6.45) is 1.28. The lowest BCUT2D eigenvalue weighted by atomic mass is 9.87. The van der Waals surface area contributed by atoms with Crippen LogP contribution in [0.25, 0.3) is 0 Å². The minimum atomic E-state index is -0.868. The van der Waals surface area contributed by atoms with E-state index in [2.05, 4.69) is 10.1 Å². The number of nitrogens with zero attached hydrogens (tertiary/aromatic N) is 3. The van der Waals surface area contributed by atoms with E-state index in [1.54, 1.807) is 24.3 Å². The molecule has 8 heteroatoms. The number of ether oxygens (including phenoxy) is 1. The van der Waals surface area contributed by atoms with Gasteiger partial charge < -0.3 is 9.84 Å². The van der Waals surface area contributed by atoms with E-state index in [-0.39, 0.29) is 18.3 Å². The van der Waals surface area contributed by atoms with Crippen molar-refractivity contribution in [1.82, 2.24) is 14.8 Å². The molecule has 2 aromatic rings. The summed E-state index contributed by atoms with van der Waals surface area (Å²) >= 11 is 11.8. The quantitative estimate of drug-likeness (QED) is 0.794. The van der Waals surface area contributed by atoms with Crippen LogP contribution in [0.5, 0.6) is 5.75 Å². The van der Waals surface area contributed by atoms with Crippen molar-refractivity contribution in [3.63, 3.8) is 0 Å². The van der Waals surface area contributed by atoms with Gasteiger partial charge in [0.15, 0.2) is 0 Å². The van der Waals surface area contributed by atoms with Crippen LogP contribution in [0.2, 0.25) is 5.02 Å². The van der Waals surface area contributed by atoms with Crippen molar-refractivity contribution in [3.8, 4) is 5.75 Å². The molecule has 1 aromatic heterocycles. The Hall–Kier alpha value is -1.01. The van der Waals surface area contributed by atoms with Gasteiger partial charge in [0.2, 0.25) is 6.23 Å². The molecule has 1 heterocycles. The molecule has 122 valence electrons. The Labute approximate surface area is 145 Å². The van der Waals surface area contributed by atoms with Crippen molar-refractivity contribution in [2.45, 2.75) is 26.2 Å². The second-order valence-electron chi connectivity index (χ2n) is 5.40. The van der Waals surface area contributed by atoms with Crippen molar-refractivity contribution in [2.75, 3.05) is 5.88 Å². The Balaban J connectivity index is 0.00000242. The van der Waals surface area contributed by atoms with Gasteiger partial charge in [-0.15, -0.1) is 24.0 Å². The van der Waals surface area contributed by atoms with Gasteiger partial charge in [-0.3, -0.25) is 0 Å². The number of hydrogen-bond donors (Lipinski definition) is 1. The highest BCUT2D eigenvalue weighted by atomic mass is 35.5. The van der Waals surface area contributed by atoms with Crippen LogP contribution in [0.1, 0.15) is 20.1 Å². The Morgan fingerprint density at radius 2 is 1.95 bits per heavy atom. The van der Waals surface area contributed by atoms with Crippen LogP contribution in [-0.4, -0.2) is 31.9 Å². The minimum Gasteiger partial charge on any atom is -0.466 e. The van der Waals surface area contributed by atoms with Gasteiger partial charge in [-0.05, 0) is 24.3 Å². The molecule has 0 aliphatic heterocycles. The summed E-state index contributed by atoms with van der Waals surface area (Å²) in [4.78, 5) is 3.90. The first-order chi connectivity index (χ1) is 9.94. The van der Waals surface area contributed by atoms with Crippen LogP contribution in [0.4, 0.5) is 0 Å². The van der Waals surface area contributed by atoms with E-state index < -0.39 is 17.7 Å². The maximum absolute atomic E-state index is 10.6. The van der Waals surface area contributed by atoms with E-state index in [0.29, 0.717) is 10.8 Å². The Morgan fingerprint density at radius 3 is 2.45 bits per heavy atom. The molecule has 2 atom stereocenters. The predicted octanol–water partition coefficient (Wildman–Crippen LogP) is 3.56. The normalized spacial score (nSPS) is 14.0. The SMILES string of the molecule is CC(C)(CCl)C(O)C(Oc1ccc(Cl)cc1)n1cncn1.Cl. The molecule has 0 fully saturated rings. The third-order valence-corrected chi connectivity index (χ3v) is 4.12. The van der Waals surface area contributed by atoms with Crippen LogP contribution in [0.15, 0.2) is 36.9 Å². The lowest BCUT2D eigenvalue weighted by Crippen LogP contribution is -2.41. The minimum absolute atomic E-state index is 0. The standard InChI is InChI=1S/C14H17Cl2N3O2.ClH/c1-14(2,7-15)12(20)13(19-9-17-8-18-19)21-11-5-3-10(16)4-6-11;/h3-6,8-9,12-13,20H,7H2,1-2H3;1H. The maximum atomic E-state index is 10.6. The molecule has 0 spiro atoms. The van der Waals surface area contributed by atoms with E-state index in [4.69, 9.17) is 27.9 Å². The smallest absolute Gasteiger partial charge is 0.219 e. The van der Waals surface area contributed by atoms with Crippen molar-refractivity contribution in [3.05, 3.63) is 41.9 Å². The van der Waals surface area contributed by atoms with Crippen molar-refractivity contribution >= 4 is 35.6 Å². The average molecular weight is 367 g/mol. The Bertz CT molecular complexity index is 561. The number of benzene rings is 1. The number of rotatable bonds is 6. The van der Waals surface area contributed by atoms with E-state index in [9.17, 15) is 5.11 Å². The third kappa shape index (κ3) is 4.49. The van der Waals surface area contributed by atoms with Gasteiger partial charge in [0.25, 0.3) is 0 Å². The fraction of sp³-hybridized carbons (Fsp3) is 0.429. The van der Waals surface area contributed by atoms with Crippen LogP contribution >= 0.6 is 35.6 Å². The average Bonchev–Trinajstić information content (AvgIpc) is 3.00. The zero-order valence-corrected chi connectivity index (χ0v) is 14.5. The molecule has 22 heavy (non-hydrogen) atoms. The summed E-state index contributed by atoms with van der Waals surface area (Å²) < 4.78 is 7.32. The largest absolute Gasteiger partial charge is 0.466 e. The molecule has 1 N–H and O–H groups in total. The summed E-state index contributed by atoms with van der Waals surface area (Å²) in [5.74, 6) is 0.855. The van der Waals surface area contributed by atoms with Crippen molar-refractivity contribution < 1.29 is 9.84 Å². The highest BCUT2D eigenvalue weighted by Crippen LogP contribution is 2.32.